The second kappa shape index (κ2) is 7.66. The first-order chi connectivity index (χ1) is 12.7. The minimum absolute atomic E-state index is 0.0884. The fourth-order valence-corrected chi connectivity index (χ4v) is 3.91. The molecule has 2 fully saturated rings. The zero-order valence-electron chi connectivity index (χ0n) is 14.7. The Bertz CT molecular complexity index is 747. The molecule has 1 aromatic heterocycles. The lowest BCUT2D eigenvalue weighted by molar-refractivity contribution is -0.126. The van der Waals surface area contributed by atoms with Gasteiger partial charge in [0.05, 0.1) is 0 Å². The number of aromatic nitrogens is 2. The number of carbonyl (C=O) groups is 1. The number of piperidine rings is 1. The number of hydrogen-bond acceptors (Lipinski definition) is 5. The van der Waals surface area contributed by atoms with Crippen molar-refractivity contribution in [2.45, 2.75) is 44.6 Å². The molecule has 138 valence electrons. The maximum atomic E-state index is 12.4. The molecule has 26 heavy (non-hydrogen) atoms. The van der Waals surface area contributed by atoms with Gasteiger partial charge in [-0.15, -0.1) is 0 Å². The summed E-state index contributed by atoms with van der Waals surface area (Å²) >= 11 is 5.91. The highest BCUT2D eigenvalue weighted by molar-refractivity contribution is 6.30. The Kier molecular flexibility index (Phi) is 5.11. The Hall–Kier alpha value is -2.08. The number of nitrogens with zero attached hydrogens (tertiary/aromatic N) is 3. The van der Waals surface area contributed by atoms with E-state index in [-0.39, 0.29) is 11.8 Å². The van der Waals surface area contributed by atoms with Gasteiger partial charge in [0.15, 0.2) is 0 Å². The molecule has 2 heterocycles. The molecule has 1 saturated heterocycles. The van der Waals surface area contributed by atoms with E-state index in [2.05, 4.69) is 20.4 Å². The Morgan fingerprint density at radius 1 is 1.12 bits per heavy atom. The van der Waals surface area contributed by atoms with Crippen LogP contribution >= 0.6 is 11.6 Å². The van der Waals surface area contributed by atoms with Crippen molar-refractivity contribution in [3.63, 3.8) is 0 Å². The van der Waals surface area contributed by atoms with E-state index in [4.69, 9.17) is 16.1 Å². The van der Waals surface area contributed by atoms with Crippen LogP contribution in [0.4, 0.5) is 6.01 Å². The van der Waals surface area contributed by atoms with Gasteiger partial charge in [-0.25, -0.2) is 0 Å². The summed E-state index contributed by atoms with van der Waals surface area (Å²) in [7, 11) is 0. The van der Waals surface area contributed by atoms with Gasteiger partial charge in [-0.2, -0.15) is 4.98 Å². The molecule has 6 nitrogen and oxygen atoms in total. The lowest BCUT2D eigenvalue weighted by Crippen LogP contribution is -2.43. The molecular formula is C19H23ClN4O2. The highest BCUT2D eigenvalue weighted by Gasteiger charge is 2.29. The first-order valence-corrected chi connectivity index (χ1v) is 9.72. The highest BCUT2D eigenvalue weighted by Crippen LogP contribution is 2.26. The predicted molar refractivity (Wildman–Crippen MR) is 100 cm³/mol. The van der Waals surface area contributed by atoms with Crippen LogP contribution in [0, 0.1) is 5.92 Å². The van der Waals surface area contributed by atoms with Crippen molar-refractivity contribution in [1.82, 2.24) is 15.5 Å². The van der Waals surface area contributed by atoms with Crippen molar-refractivity contribution in [3.8, 4) is 11.4 Å². The van der Waals surface area contributed by atoms with E-state index < -0.39 is 0 Å². The third-order valence-electron chi connectivity index (χ3n) is 5.36. The van der Waals surface area contributed by atoms with E-state index in [1.165, 1.54) is 12.8 Å². The fourth-order valence-electron chi connectivity index (χ4n) is 3.78. The van der Waals surface area contributed by atoms with E-state index in [9.17, 15) is 4.79 Å². The highest BCUT2D eigenvalue weighted by atomic mass is 35.5. The number of halogens is 1. The molecule has 4 rings (SSSR count). The van der Waals surface area contributed by atoms with Crippen LogP contribution in [0.15, 0.2) is 28.8 Å². The van der Waals surface area contributed by atoms with Gasteiger partial charge < -0.3 is 14.7 Å². The summed E-state index contributed by atoms with van der Waals surface area (Å²) in [6.45, 7) is 1.51. The second-order valence-corrected chi connectivity index (χ2v) is 7.60. The van der Waals surface area contributed by atoms with Gasteiger partial charge in [0.1, 0.15) is 0 Å². The van der Waals surface area contributed by atoms with Crippen molar-refractivity contribution >= 4 is 23.5 Å². The van der Waals surface area contributed by atoms with Crippen LogP contribution in [0.3, 0.4) is 0 Å². The van der Waals surface area contributed by atoms with Crippen molar-refractivity contribution in [3.05, 3.63) is 29.3 Å². The van der Waals surface area contributed by atoms with Gasteiger partial charge in [0.25, 0.3) is 0 Å². The number of rotatable bonds is 4. The summed E-state index contributed by atoms with van der Waals surface area (Å²) in [4.78, 5) is 19.0. The standard InChI is InChI=1S/C19H23ClN4O2/c20-15-7-5-13(6-8-15)17-22-19(26-23-17)24-11-9-14(10-12-24)18(25)21-16-3-1-2-4-16/h5-8,14,16H,1-4,9-12H2,(H,21,25). The Labute approximate surface area is 157 Å². The molecule has 2 aromatic rings. The third kappa shape index (κ3) is 3.85. The molecule has 0 bridgehead atoms. The third-order valence-corrected chi connectivity index (χ3v) is 5.61. The maximum absolute atomic E-state index is 12.4. The van der Waals surface area contributed by atoms with Crippen molar-refractivity contribution < 1.29 is 9.32 Å². The quantitative estimate of drug-likeness (QED) is 0.884. The molecule has 0 unspecified atom stereocenters. The molecule has 2 aliphatic rings. The number of hydrogen-bond donors (Lipinski definition) is 1. The van der Waals surface area contributed by atoms with Crippen LogP contribution in [-0.2, 0) is 4.79 Å². The van der Waals surface area contributed by atoms with E-state index >= 15 is 0 Å². The number of anilines is 1. The average Bonchev–Trinajstić information content (AvgIpc) is 3.34. The van der Waals surface area contributed by atoms with Crippen molar-refractivity contribution in [2.24, 2.45) is 5.92 Å². The number of amides is 1. The normalized spacial score (nSPS) is 19.0. The number of carbonyl (C=O) groups excluding carboxylic acids is 1. The van der Waals surface area contributed by atoms with E-state index in [1.807, 2.05) is 12.1 Å². The summed E-state index contributed by atoms with van der Waals surface area (Å²) in [5.41, 5.74) is 0.871. The topological polar surface area (TPSA) is 71.3 Å². The Balaban J connectivity index is 1.33. The zero-order valence-corrected chi connectivity index (χ0v) is 15.4. The molecule has 1 N–H and O–H groups in total. The summed E-state index contributed by atoms with van der Waals surface area (Å²) in [6, 6.07) is 8.26. The van der Waals surface area contributed by atoms with Gasteiger partial charge in [0.2, 0.25) is 11.7 Å². The lowest BCUT2D eigenvalue weighted by Gasteiger charge is -2.30. The van der Waals surface area contributed by atoms with Crippen LogP contribution < -0.4 is 10.2 Å². The maximum Gasteiger partial charge on any atom is 0.324 e. The van der Waals surface area contributed by atoms with Crippen LogP contribution in [0.2, 0.25) is 5.02 Å². The molecule has 0 spiro atoms. The molecule has 7 heteroatoms. The molecule has 1 aromatic carbocycles. The monoisotopic (exact) mass is 374 g/mol. The SMILES string of the molecule is O=C(NC1CCCC1)C1CCN(c2nc(-c3ccc(Cl)cc3)no2)CC1. The minimum Gasteiger partial charge on any atom is -0.353 e. The molecule has 1 aliphatic heterocycles. The minimum atomic E-state index is 0.0884. The first-order valence-electron chi connectivity index (χ1n) is 9.34. The van der Waals surface area contributed by atoms with Gasteiger partial charge in [0, 0.05) is 35.6 Å². The van der Waals surface area contributed by atoms with Gasteiger partial charge in [-0.1, -0.05) is 29.6 Å². The molecule has 1 aliphatic carbocycles. The molecule has 1 amide bonds. The van der Waals surface area contributed by atoms with Crippen molar-refractivity contribution in [2.75, 3.05) is 18.0 Å². The smallest absolute Gasteiger partial charge is 0.324 e. The summed E-state index contributed by atoms with van der Waals surface area (Å²) in [5.74, 6) is 0.854. The summed E-state index contributed by atoms with van der Waals surface area (Å²) in [5, 5.41) is 7.95. The Morgan fingerprint density at radius 3 is 2.50 bits per heavy atom. The van der Waals surface area contributed by atoms with Gasteiger partial charge >= 0.3 is 6.01 Å². The number of benzene rings is 1. The average molecular weight is 375 g/mol. The predicted octanol–water partition coefficient (Wildman–Crippen LogP) is 3.67. The summed E-state index contributed by atoms with van der Waals surface area (Å²) in [6.07, 6.45) is 6.35. The van der Waals surface area contributed by atoms with Crippen LogP contribution in [-0.4, -0.2) is 35.2 Å². The first kappa shape index (κ1) is 17.3. The number of nitrogens with one attached hydrogen (secondary N) is 1. The molecular weight excluding hydrogens is 352 g/mol. The van der Waals surface area contributed by atoms with Crippen molar-refractivity contribution in [1.29, 1.82) is 0 Å². The van der Waals surface area contributed by atoms with Crippen LogP contribution in [0.5, 0.6) is 0 Å². The van der Waals surface area contributed by atoms with Gasteiger partial charge in [-0.05, 0) is 49.9 Å². The molecule has 0 atom stereocenters. The van der Waals surface area contributed by atoms with Gasteiger partial charge in [-0.3, -0.25) is 4.79 Å². The van der Waals surface area contributed by atoms with Crippen LogP contribution in [0.1, 0.15) is 38.5 Å². The largest absolute Gasteiger partial charge is 0.353 e. The fraction of sp³-hybridized carbons (Fsp3) is 0.526. The second-order valence-electron chi connectivity index (χ2n) is 7.16. The van der Waals surface area contributed by atoms with E-state index in [0.717, 1.165) is 44.3 Å². The van der Waals surface area contributed by atoms with E-state index in [1.54, 1.807) is 12.1 Å². The summed E-state index contributed by atoms with van der Waals surface area (Å²) < 4.78 is 5.42. The van der Waals surface area contributed by atoms with E-state index in [0.29, 0.717) is 22.9 Å². The lowest BCUT2D eigenvalue weighted by atomic mass is 9.95. The van der Waals surface area contributed by atoms with Crippen LogP contribution in [0.25, 0.3) is 11.4 Å². The zero-order chi connectivity index (χ0) is 17.9. The Morgan fingerprint density at radius 2 is 1.81 bits per heavy atom. The molecule has 1 saturated carbocycles. The molecule has 0 radical (unpaired) electrons.